The zero-order valence-electron chi connectivity index (χ0n) is 9.93. The smallest absolute Gasteiger partial charge is 0.0105 e. The highest BCUT2D eigenvalue weighted by molar-refractivity contribution is 5.98. The molecule has 0 atom stereocenters. The Labute approximate surface area is 106 Å². The summed E-state index contributed by atoms with van der Waals surface area (Å²) in [6, 6.07) is 21.7. The van der Waals surface area contributed by atoms with E-state index in [-0.39, 0.29) is 0 Å². The standard InChI is InChI=1S/C18H12/c1-2-6-17-14(4-1)5-3-7-18(17)16-11-9-13-8-10-15(13)12-16/h1-12H. The van der Waals surface area contributed by atoms with Crippen LogP contribution < -0.4 is 0 Å². The molecule has 4 rings (SSSR count). The largest absolute Gasteiger partial charge is 0.0616 e. The maximum Gasteiger partial charge on any atom is -0.0105 e. The highest BCUT2D eigenvalue weighted by atomic mass is 14.1. The van der Waals surface area contributed by atoms with Gasteiger partial charge in [0.2, 0.25) is 0 Å². The lowest BCUT2D eigenvalue weighted by Gasteiger charge is -2.13. The Morgan fingerprint density at radius 1 is 0.611 bits per heavy atom. The van der Waals surface area contributed by atoms with E-state index in [0.717, 1.165) is 0 Å². The van der Waals surface area contributed by atoms with Gasteiger partial charge in [-0.15, -0.1) is 0 Å². The molecule has 0 saturated carbocycles. The minimum atomic E-state index is 1.30. The van der Waals surface area contributed by atoms with Crippen molar-refractivity contribution in [3.05, 3.63) is 71.8 Å². The van der Waals surface area contributed by atoms with Crippen molar-refractivity contribution in [1.29, 1.82) is 0 Å². The minimum absolute atomic E-state index is 1.30. The Morgan fingerprint density at radius 2 is 1.44 bits per heavy atom. The van der Waals surface area contributed by atoms with E-state index in [9.17, 15) is 0 Å². The predicted molar refractivity (Wildman–Crippen MR) is 78.3 cm³/mol. The van der Waals surface area contributed by atoms with Crippen LogP contribution in [0.15, 0.2) is 60.7 Å². The van der Waals surface area contributed by atoms with Crippen LogP contribution in [0.1, 0.15) is 11.1 Å². The fourth-order valence-corrected chi connectivity index (χ4v) is 2.60. The Kier molecular flexibility index (Phi) is 1.92. The van der Waals surface area contributed by atoms with Gasteiger partial charge in [0.15, 0.2) is 0 Å². The third kappa shape index (κ3) is 1.32. The van der Waals surface area contributed by atoms with Crippen LogP contribution in [0.25, 0.3) is 34.1 Å². The van der Waals surface area contributed by atoms with Gasteiger partial charge in [0.25, 0.3) is 0 Å². The van der Waals surface area contributed by atoms with Crippen LogP contribution in [-0.2, 0) is 0 Å². The molecule has 1 aliphatic rings. The summed E-state index contributed by atoms with van der Waals surface area (Å²) in [5.74, 6) is 0. The zero-order valence-corrected chi connectivity index (χ0v) is 9.93. The van der Waals surface area contributed by atoms with Crippen molar-refractivity contribution < 1.29 is 0 Å². The number of hydrogen-bond donors (Lipinski definition) is 0. The van der Waals surface area contributed by atoms with Gasteiger partial charge in [0, 0.05) is 0 Å². The first-order valence-electron chi connectivity index (χ1n) is 6.22. The number of hydrogen-bond acceptors (Lipinski definition) is 0. The molecule has 3 aromatic rings. The summed E-state index contributed by atoms with van der Waals surface area (Å²) >= 11 is 0. The van der Waals surface area contributed by atoms with Crippen molar-refractivity contribution in [2.75, 3.05) is 0 Å². The van der Waals surface area contributed by atoms with Crippen LogP contribution in [0.5, 0.6) is 0 Å². The highest BCUT2D eigenvalue weighted by Crippen LogP contribution is 2.33. The van der Waals surface area contributed by atoms with Gasteiger partial charge in [0.1, 0.15) is 0 Å². The van der Waals surface area contributed by atoms with Crippen LogP contribution in [0.2, 0.25) is 0 Å². The molecular weight excluding hydrogens is 216 g/mol. The Hall–Kier alpha value is -2.34. The van der Waals surface area contributed by atoms with E-state index in [1.165, 1.54) is 33.0 Å². The summed E-state index contributed by atoms with van der Waals surface area (Å²) < 4.78 is 0. The molecule has 0 radical (unpaired) electrons. The number of fused-ring (bicyclic) bond motifs is 2. The van der Waals surface area contributed by atoms with E-state index in [2.05, 4.69) is 72.8 Å². The molecule has 0 N–H and O–H groups in total. The molecule has 0 saturated heterocycles. The van der Waals surface area contributed by atoms with Crippen molar-refractivity contribution in [2.24, 2.45) is 0 Å². The highest BCUT2D eigenvalue weighted by Gasteiger charge is 2.08. The summed E-state index contributed by atoms with van der Waals surface area (Å²) in [6.07, 6.45) is 4.33. The second-order valence-electron chi connectivity index (χ2n) is 4.70. The average Bonchev–Trinajstić information content (AvgIpc) is 2.40. The molecule has 0 aliphatic heterocycles. The lowest BCUT2D eigenvalue weighted by molar-refractivity contribution is 1.56. The third-order valence-corrected chi connectivity index (χ3v) is 3.63. The van der Waals surface area contributed by atoms with Crippen LogP contribution in [0.4, 0.5) is 0 Å². The lowest BCUT2D eigenvalue weighted by atomic mass is 9.91. The molecule has 0 fully saturated rings. The average molecular weight is 228 g/mol. The second-order valence-corrected chi connectivity index (χ2v) is 4.70. The number of benzene rings is 3. The molecule has 18 heavy (non-hydrogen) atoms. The molecule has 3 aromatic carbocycles. The van der Waals surface area contributed by atoms with E-state index in [0.29, 0.717) is 0 Å². The SMILES string of the molecule is C1=Cc2cc(-c3cccc4ccccc34)ccc21. The topological polar surface area (TPSA) is 0 Å². The minimum Gasteiger partial charge on any atom is -0.0616 e. The molecule has 0 amide bonds. The van der Waals surface area contributed by atoms with Gasteiger partial charge in [0.05, 0.1) is 0 Å². The van der Waals surface area contributed by atoms with E-state index in [4.69, 9.17) is 0 Å². The normalized spacial score (nSPS) is 12.2. The fourth-order valence-electron chi connectivity index (χ4n) is 2.60. The molecular formula is C18H12. The first-order valence-corrected chi connectivity index (χ1v) is 6.22. The van der Waals surface area contributed by atoms with Gasteiger partial charge >= 0.3 is 0 Å². The quantitative estimate of drug-likeness (QED) is 0.430. The molecule has 1 aliphatic carbocycles. The predicted octanol–water partition coefficient (Wildman–Crippen LogP) is 4.99. The molecule has 0 spiro atoms. The molecule has 0 nitrogen and oxygen atoms in total. The molecule has 0 heteroatoms. The second kappa shape index (κ2) is 3.58. The van der Waals surface area contributed by atoms with Gasteiger partial charge in [-0.25, -0.2) is 0 Å². The molecule has 84 valence electrons. The summed E-state index contributed by atoms with van der Waals surface area (Å²) in [7, 11) is 0. The van der Waals surface area contributed by atoms with Gasteiger partial charge < -0.3 is 0 Å². The van der Waals surface area contributed by atoms with E-state index >= 15 is 0 Å². The number of rotatable bonds is 1. The van der Waals surface area contributed by atoms with Gasteiger partial charge in [-0.05, 0) is 39.1 Å². The van der Waals surface area contributed by atoms with Crippen molar-refractivity contribution in [2.45, 2.75) is 0 Å². The van der Waals surface area contributed by atoms with Crippen LogP contribution in [-0.4, -0.2) is 0 Å². The van der Waals surface area contributed by atoms with Gasteiger partial charge in [-0.1, -0.05) is 66.7 Å². The molecule has 0 heterocycles. The van der Waals surface area contributed by atoms with E-state index in [1.807, 2.05) is 0 Å². The van der Waals surface area contributed by atoms with Crippen molar-refractivity contribution in [1.82, 2.24) is 0 Å². The Bertz CT molecular complexity index is 774. The third-order valence-electron chi connectivity index (χ3n) is 3.63. The first kappa shape index (κ1) is 9.67. The van der Waals surface area contributed by atoms with Crippen molar-refractivity contribution >= 4 is 22.9 Å². The Balaban J connectivity index is 1.99. The summed E-state index contributed by atoms with van der Waals surface area (Å²) in [5.41, 5.74) is 5.31. The molecule has 0 bridgehead atoms. The van der Waals surface area contributed by atoms with Crippen LogP contribution in [0, 0.1) is 0 Å². The Morgan fingerprint density at radius 3 is 2.28 bits per heavy atom. The summed E-state index contributed by atoms with van der Waals surface area (Å²) in [4.78, 5) is 0. The van der Waals surface area contributed by atoms with Gasteiger partial charge in [-0.3, -0.25) is 0 Å². The van der Waals surface area contributed by atoms with E-state index in [1.54, 1.807) is 0 Å². The lowest BCUT2D eigenvalue weighted by Crippen LogP contribution is -1.90. The van der Waals surface area contributed by atoms with Crippen LogP contribution in [0.3, 0.4) is 0 Å². The molecule has 0 unspecified atom stereocenters. The maximum absolute atomic E-state index is 2.27. The molecule has 0 aromatic heterocycles. The van der Waals surface area contributed by atoms with Crippen LogP contribution >= 0.6 is 0 Å². The van der Waals surface area contributed by atoms with Crippen molar-refractivity contribution in [3.8, 4) is 11.1 Å². The zero-order chi connectivity index (χ0) is 11.9. The van der Waals surface area contributed by atoms with Gasteiger partial charge in [-0.2, -0.15) is 0 Å². The van der Waals surface area contributed by atoms with E-state index < -0.39 is 0 Å². The summed E-state index contributed by atoms with van der Waals surface area (Å²) in [6.45, 7) is 0. The first-order chi connectivity index (χ1) is 8.92. The monoisotopic (exact) mass is 228 g/mol. The maximum atomic E-state index is 2.27. The summed E-state index contributed by atoms with van der Waals surface area (Å²) in [5, 5.41) is 2.62. The van der Waals surface area contributed by atoms with Crippen molar-refractivity contribution in [3.63, 3.8) is 0 Å². The fraction of sp³-hybridized carbons (Fsp3) is 0.